The highest BCUT2D eigenvalue weighted by Gasteiger charge is 2.03. The average Bonchev–Trinajstić information content (AvgIpc) is 2.40. The Labute approximate surface area is 100 Å². The molecular formula is C14H12N2O. The molecule has 0 aliphatic heterocycles. The van der Waals surface area contributed by atoms with Gasteiger partial charge in [-0.3, -0.25) is 0 Å². The number of ether oxygens (including phenoxy) is 1. The highest BCUT2D eigenvalue weighted by atomic mass is 16.5. The summed E-state index contributed by atoms with van der Waals surface area (Å²) in [6, 6.07) is 17.2. The molecule has 0 unspecified atom stereocenters. The lowest BCUT2D eigenvalue weighted by Crippen LogP contribution is -1.94. The van der Waals surface area contributed by atoms with E-state index >= 15 is 0 Å². The van der Waals surface area contributed by atoms with Crippen LogP contribution in [0.4, 0.5) is 11.4 Å². The monoisotopic (exact) mass is 224 g/mol. The van der Waals surface area contributed by atoms with E-state index in [1.165, 1.54) is 0 Å². The van der Waals surface area contributed by atoms with Crippen molar-refractivity contribution in [1.29, 1.82) is 5.26 Å². The largest absolute Gasteiger partial charge is 0.497 e. The molecule has 0 spiro atoms. The minimum atomic E-state index is 0.592. The molecule has 84 valence electrons. The molecule has 0 fully saturated rings. The Balaban J connectivity index is 2.34. The molecule has 0 aliphatic rings. The van der Waals surface area contributed by atoms with Gasteiger partial charge in [-0.25, -0.2) is 0 Å². The fraction of sp³-hybridized carbons (Fsp3) is 0.0714. The summed E-state index contributed by atoms with van der Waals surface area (Å²) in [5.41, 5.74) is 2.28. The normalized spacial score (nSPS) is 9.41. The van der Waals surface area contributed by atoms with E-state index in [-0.39, 0.29) is 0 Å². The van der Waals surface area contributed by atoms with Gasteiger partial charge in [-0.1, -0.05) is 18.2 Å². The van der Waals surface area contributed by atoms with Crippen molar-refractivity contribution in [2.45, 2.75) is 0 Å². The van der Waals surface area contributed by atoms with Gasteiger partial charge in [-0.05, 0) is 24.3 Å². The van der Waals surface area contributed by atoms with Crippen LogP contribution in [-0.4, -0.2) is 7.11 Å². The summed E-state index contributed by atoms with van der Waals surface area (Å²) >= 11 is 0. The van der Waals surface area contributed by atoms with Crippen LogP contribution in [0, 0.1) is 11.3 Å². The third-order valence-electron chi connectivity index (χ3n) is 2.40. The van der Waals surface area contributed by atoms with E-state index in [9.17, 15) is 0 Å². The highest BCUT2D eigenvalue weighted by Crippen LogP contribution is 2.25. The van der Waals surface area contributed by atoms with E-state index in [1.807, 2.05) is 36.4 Å². The van der Waals surface area contributed by atoms with E-state index in [4.69, 9.17) is 10.00 Å². The van der Waals surface area contributed by atoms with Crippen LogP contribution in [0.25, 0.3) is 0 Å². The van der Waals surface area contributed by atoms with Crippen molar-refractivity contribution in [2.75, 3.05) is 12.4 Å². The molecule has 0 atom stereocenters. The smallest absolute Gasteiger partial charge is 0.121 e. The highest BCUT2D eigenvalue weighted by molar-refractivity contribution is 5.68. The van der Waals surface area contributed by atoms with Gasteiger partial charge in [0.25, 0.3) is 0 Å². The Bertz CT molecular complexity index is 544. The van der Waals surface area contributed by atoms with Gasteiger partial charge in [-0.15, -0.1) is 0 Å². The number of para-hydroxylation sites is 1. The zero-order chi connectivity index (χ0) is 12.1. The van der Waals surface area contributed by atoms with Gasteiger partial charge < -0.3 is 10.1 Å². The maximum atomic E-state index is 9.03. The zero-order valence-corrected chi connectivity index (χ0v) is 9.47. The molecule has 3 nitrogen and oxygen atoms in total. The van der Waals surface area contributed by atoms with E-state index < -0.39 is 0 Å². The fourth-order valence-electron chi connectivity index (χ4n) is 1.53. The number of rotatable bonds is 3. The SMILES string of the molecule is COc1ccc(C#N)c(Nc2ccccc2)c1. The van der Waals surface area contributed by atoms with Gasteiger partial charge in [-0.2, -0.15) is 5.26 Å². The standard InChI is InChI=1S/C14H12N2O/c1-17-13-8-7-11(10-15)14(9-13)16-12-5-3-2-4-6-12/h2-9,16H,1H3. The predicted octanol–water partition coefficient (Wildman–Crippen LogP) is 3.31. The van der Waals surface area contributed by atoms with Gasteiger partial charge in [0, 0.05) is 11.8 Å². The Morgan fingerprint density at radius 1 is 1.12 bits per heavy atom. The number of nitrogens with zero attached hydrogens (tertiary/aromatic N) is 1. The molecule has 0 heterocycles. The topological polar surface area (TPSA) is 45.0 Å². The minimum Gasteiger partial charge on any atom is -0.497 e. The molecular weight excluding hydrogens is 212 g/mol. The van der Waals surface area contributed by atoms with Crippen LogP contribution in [0.1, 0.15) is 5.56 Å². The molecule has 0 radical (unpaired) electrons. The first-order valence-electron chi connectivity index (χ1n) is 5.23. The van der Waals surface area contributed by atoms with Crippen LogP contribution in [0.2, 0.25) is 0 Å². The van der Waals surface area contributed by atoms with Gasteiger partial charge >= 0.3 is 0 Å². The first-order valence-corrected chi connectivity index (χ1v) is 5.23. The lowest BCUT2D eigenvalue weighted by Gasteiger charge is -2.09. The van der Waals surface area contributed by atoms with Crippen molar-refractivity contribution in [3.8, 4) is 11.8 Å². The Kier molecular flexibility index (Phi) is 3.27. The summed E-state index contributed by atoms with van der Waals surface area (Å²) in [5, 5.41) is 12.2. The zero-order valence-electron chi connectivity index (χ0n) is 9.47. The van der Waals surface area contributed by atoms with Crippen molar-refractivity contribution in [1.82, 2.24) is 0 Å². The molecule has 3 heteroatoms. The second-order valence-corrected chi connectivity index (χ2v) is 3.51. The molecule has 0 saturated heterocycles. The maximum Gasteiger partial charge on any atom is 0.121 e. The number of nitriles is 1. The number of nitrogens with one attached hydrogen (secondary N) is 1. The number of anilines is 2. The second-order valence-electron chi connectivity index (χ2n) is 3.51. The maximum absolute atomic E-state index is 9.03. The second kappa shape index (κ2) is 5.04. The van der Waals surface area contributed by atoms with E-state index in [1.54, 1.807) is 19.2 Å². The van der Waals surface area contributed by atoms with Crippen LogP contribution in [-0.2, 0) is 0 Å². The molecule has 0 amide bonds. The number of benzene rings is 2. The molecule has 2 aromatic rings. The summed E-state index contributed by atoms with van der Waals surface area (Å²) in [4.78, 5) is 0. The van der Waals surface area contributed by atoms with E-state index in [2.05, 4.69) is 11.4 Å². The van der Waals surface area contributed by atoms with Crippen molar-refractivity contribution >= 4 is 11.4 Å². The fourth-order valence-corrected chi connectivity index (χ4v) is 1.53. The van der Waals surface area contributed by atoms with Crippen molar-refractivity contribution in [3.05, 3.63) is 54.1 Å². The molecule has 0 aliphatic carbocycles. The van der Waals surface area contributed by atoms with Gasteiger partial charge in [0.2, 0.25) is 0 Å². The van der Waals surface area contributed by atoms with Crippen LogP contribution in [0.5, 0.6) is 5.75 Å². The molecule has 0 saturated carbocycles. The molecule has 2 aromatic carbocycles. The lowest BCUT2D eigenvalue weighted by molar-refractivity contribution is 0.415. The van der Waals surface area contributed by atoms with Crippen LogP contribution < -0.4 is 10.1 Å². The van der Waals surface area contributed by atoms with E-state index in [0.717, 1.165) is 17.1 Å². The molecule has 17 heavy (non-hydrogen) atoms. The van der Waals surface area contributed by atoms with Crippen LogP contribution >= 0.6 is 0 Å². The minimum absolute atomic E-state index is 0.592. The number of hydrogen-bond acceptors (Lipinski definition) is 3. The summed E-state index contributed by atoms with van der Waals surface area (Å²) in [6.07, 6.45) is 0. The summed E-state index contributed by atoms with van der Waals surface area (Å²) < 4.78 is 5.14. The molecule has 0 aromatic heterocycles. The summed E-state index contributed by atoms with van der Waals surface area (Å²) in [7, 11) is 1.60. The number of hydrogen-bond donors (Lipinski definition) is 1. The quantitative estimate of drug-likeness (QED) is 0.869. The Morgan fingerprint density at radius 2 is 1.88 bits per heavy atom. The van der Waals surface area contributed by atoms with Crippen molar-refractivity contribution < 1.29 is 4.74 Å². The first kappa shape index (κ1) is 11.0. The van der Waals surface area contributed by atoms with Crippen LogP contribution in [0.3, 0.4) is 0 Å². The summed E-state index contributed by atoms with van der Waals surface area (Å²) in [6.45, 7) is 0. The summed E-state index contributed by atoms with van der Waals surface area (Å²) in [5.74, 6) is 0.724. The number of methoxy groups -OCH3 is 1. The lowest BCUT2D eigenvalue weighted by atomic mass is 10.1. The third-order valence-corrected chi connectivity index (χ3v) is 2.40. The van der Waals surface area contributed by atoms with Crippen LogP contribution in [0.15, 0.2) is 48.5 Å². The molecule has 2 rings (SSSR count). The van der Waals surface area contributed by atoms with E-state index in [0.29, 0.717) is 5.56 Å². The van der Waals surface area contributed by atoms with Crippen molar-refractivity contribution in [2.24, 2.45) is 0 Å². The van der Waals surface area contributed by atoms with Crippen molar-refractivity contribution in [3.63, 3.8) is 0 Å². The van der Waals surface area contributed by atoms with Gasteiger partial charge in [0.1, 0.15) is 11.8 Å². The Morgan fingerprint density at radius 3 is 2.53 bits per heavy atom. The van der Waals surface area contributed by atoms with Gasteiger partial charge in [0.05, 0.1) is 18.4 Å². The third kappa shape index (κ3) is 2.56. The molecule has 0 bridgehead atoms. The average molecular weight is 224 g/mol. The predicted molar refractivity (Wildman–Crippen MR) is 67.4 cm³/mol. The van der Waals surface area contributed by atoms with Gasteiger partial charge in [0.15, 0.2) is 0 Å². The Hall–Kier alpha value is -2.47. The first-order chi connectivity index (χ1) is 8.33. The molecule has 1 N–H and O–H groups in total.